The second-order valence-corrected chi connectivity index (χ2v) is 7.09. The van der Waals surface area contributed by atoms with E-state index in [9.17, 15) is 4.79 Å². The molecule has 0 spiro atoms. The summed E-state index contributed by atoms with van der Waals surface area (Å²) in [4.78, 5) is 15.3. The van der Waals surface area contributed by atoms with Crippen LogP contribution in [0.15, 0.2) is 29.2 Å². The number of benzene rings is 1. The fourth-order valence-corrected chi connectivity index (χ4v) is 4.66. The van der Waals surface area contributed by atoms with Gasteiger partial charge in [0, 0.05) is 29.2 Å². The normalized spacial score (nSPS) is 26.6. The lowest BCUT2D eigenvalue weighted by Gasteiger charge is -2.26. The number of hydrogen-bond acceptors (Lipinski definition) is 3. The molecule has 102 valence electrons. The van der Waals surface area contributed by atoms with Gasteiger partial charge in [-0.2, -0.15) is 0 Å². The largest absolute Gasteiger partial charge is 0.300 e. The van der Waals surface area contributed by atoms with Crippen LogP contribution in [0.1, 0.15) is 31.7 Å². The third kappa shape index (κ3) is 3.03. The zero-order valence-corrected chi connectivity index (χ0v) is 12.3. The van der Waals surface area contributed by atoms with Crippen LogP contribution >= 0.6 is 11.8 Å². The minimum atomic E-state index is 0.333. The number of Topliss-reactive ketones (excluding diaryl/α,β-unsaturated/α-hetero) is 1. The molecule has 19 heavy (non-hydrogen) atoms. The Labute approximate surface area is 119 Å². The van der Waals surface area contributed by atoms with Crippen molar-refractivity contribution in [3.05, 3.63) is 29.8 Å². The van der Waals surface area contributed by atoms with Crippen molar-refractivity contribution < 1.29 is 4.79 Å². The van der Waals surface area contributed by atoms with Crippen molar-refractivity contribution in [1.82, 2.24) is 4.90 Å². The zero-order valence-electron chi connectivity index (χ0n) is 11.5. The van der Waals surface area contributed by atoms with Crippen LogP contribution in [0, 0.1) is 0 Å². The van der Waals surface area contributed by atoms with Gasteiger partial charge in [0.25, 0.3) is 0 Å². The number of carbonyl (C=O) groups excluding carboxylic acids is 1. The van der Waals surface area contributed by atoms with E-state index in [0.29, 0.717) is 17.1 Å². The van der Waals surface area contributed by atoms with Crippen molar-refractivity contribution in [1.29, 1.82) is 0 Å². The monoisotopic (exact) mass is 275 g/mol. The molecule has 1 aromatic carbocycles. The van der Waals surface area contributed by atoms with E-state index in [1.165, 1.54) is 36.3 Å². The van der Waals surface area contributed by atoms with Crippen LogP contribution in [0.4, 0.5) is 0 Å². The molecule has 2 aliphatic rings. The zero-order chi connectivity index (χ0) is 13.2. The van der Waals surface area contributed by atoms with Crippen LogP contribution in [-0.4, -0.2) is 35.1 Å². The summed E-state index contributed by atoms with van der Waals surface area (Å²) in [5.74, 6) is 0.333. The fourth-order valence-electron chi connectivity index (χ4n) is 3.32. The SMILES string of the molecule is CC(=O)CC1CCCN1CC1Cc2ccccc2S1. The summed E-state index contributed by atoms with van der Waals surface area (Å²) in [5, 5.41) is 0.671. The molecule has 2 nitrogen and oxygen atoms in total. The standard InChI is InChI=1S/C16H21NOS/c1-12(18)9-14-6-4-8-17(14)11-15-10-13-5-2-3-7-16(13)19-15/h2-3,5,7,14-15H,4,6,8-11H2,1H3. The summed E-state index contributed by atoms with van der Waals surface area (Å²) in [6.07, 6.45) is 4.38. The highest BCUT2D eigenvalue weighted by Crippen LogP contribution is 2.38. The fraction of sp³-hybridized carbons (Fsp3) is 0.562. The van der Waals surface area contributed by atoms with Crippen molar-refractivity contribution in [3.8, 4) is 0 Å². The Morgan fingerprint density at radius 1 is 1.42 bits per heavy atom. The van der Waals surface area contributed by atoms with E-state index in [0.717, 1.165) is 13.0 Å². The van der Waals surface area contributed by atoms with E-state index < -0.39 is 0 Å². The van der Waals surface area contributed by atoms with Gasteiger partial charge < -0.3 is 0 Å². The van der Waals surface area contributed by atoms with Crippen LogP contribution in [0.25, 0.3) is 0 Å². The Kier molecular flexibility index (Phi) is 3.94. The number of hydrogen-bond donors (Lipinski definition) is 0. The van der Waals surface area contributed by atoms with Crippen LogP contribution in [0.5, 0.6) is 0 Å². The molecule has 0 saturated carbocycles. The number of carbonyl (C=O) groups is 1. The highest BCUT2D eigenvalue weighted by atomic mass is 32.2. The van der Waals surface area contributed by atoms with E-state index in [1.54, 1.807) is 6.92 Å². The molecular weight excluding hydrogens is 254 g/mol. The lowest BCUT2D eigenvalue weighted by atomic mass is 10.1. The van der Waals surface area contributed by atoms with E-state index >= 15 is 0 Å². The summed E-state index contributed by atoms with van der Waals surface area (Å²) in [6.45, 7) is 4.03. The van der Waals surface area contributed by atoms with Gasteiger partial charge in [0.2, 0.25) is 0 Å². The molecule has 1 aromatic rings. The molecule has 1 saturated heterocycles. The van der Waals surface area contributed by atoms with Crippen molar-refractivity contribution in [3.63, 3.8) is 0 Å². The van der Waals surface area contributed by atoms with Gasteiger partial charge in [-0.3, -0.25) is 9.69 Å². The molecule has 3 heteroatoms. The van der Waals surface area contributed by atoms with Crippen LogP contribution in [0.2, 0.25) is 0 Å². The van der Waals surface area contributed by atoms with Gasteiger partial charge in [-0.1, -0.05) is 18.2 Å². The summed E-state index contributed by atoms with van der Waals surface area (Å²) >= 11 is 2.02. The second kappa shape index (κ2) is 5.68. The summed E-state index contributed by atoms with van der Waals surface area (Å²) in [7, 11) is 0. The Hall–Kier alpha value is -0.800. The highest BCUT2D eigenvalue weighted by molar-refractivity contribution is 8.00. The van der Waals surface area contributed by atoms with Gasteiger partial charge in [-0.05, 0) is 44.4 Å². The third-order valence-electron chi connectivity index (χ3n) is 4.17. The molecular formula is C16H21NOS. The molecule has 0 aliphatic carbocycles. The van der Waals surface area contributed by atoms with Gasteiger partial charge in [0.05, 0.1) is 0 Å². The Morgan fingerprint density at radius 2 is 2.26 bits per heavy atom. The van der Waals surface area contributed by atoms with E-state index in [1.807, 2.05) is 11.8 Å². The molecule has 1 fully saturated rings. The van der Waals surface area contributed by atoms with Gasteiger partial charge in [-0.15, -0.1) is 11.8 Å². The quantitative estimate of drug-likeness (QED) is 0.842. The average molecular weight is 275 g/mol. The molecule has 0 amide bonds. The van der Waals surface area contributed by atoms with Crippen LogP contribution in [-0.2, 0) is 11.2 Å². The summed E-state index contributed by atoms with van der Waals surface area (Å²) in [6, 6.07) is 9.25. The lowest BCUT2D eigenvalue weighted by Crippen LogP contribution is -2.36. The first-order valence-electron chi connectivity index (χ1n) is 7.20. The number of fused-ring (bicyclic) bond motifs is 1. The lowest BCUT2D eigenvalue weighted by molar-refractivity contribution is -0.118. The molecule has 2 heterocycles. The second-order valence-electron chi connectivity index (χ2n) is 5.75. The average Bonchev–Trinajstić information content (AvgIpc) is 2.95. The third-order valence-corrected chi connectivity index (χ3v) is 5.48. The Morgan fingerprint density at radius 3 is 3.05 bits per heavy atom. The number of rotatable bonds is 4. The molecule has 2 unspecified atom stereocenters. The van der Waals surface area contributed by atoms with Gasteiger partial charge in [0.1, 0.15) is 5.78 Å². The molecule has 0 radical (unpaired) electrons. The molecule has 0 bridgehead atoms. The molecule has 3 rings (SSSR count). The maximum Gasteiger partial charge on any atom is 0.131 e. The van der Waals surface area contributed by atoms with Gasteiger partial charge in [0.15, 0.2) is 0 Å². The number of nitrogens with zero attached hydrogens (tertiary/aromatic N) is 1. The Bertz CT molecular complexity index is 449. The maximum atomic E-state index is 11.3. The first-order chi connectivity index (χ1) is 9.22. The smallest absolute Gasteiger partial charge is 0.131 e. The molecule has 2 atom stereocenters. The first kappa shape index (κ1) is 13.2. The van der Waals surface area contributed by atoms with Crippen molar-refractivity contribution in [2.75, 3.05) is 13.1 Å². The minimum Gasteiger partial charge on any atom is -0.300 e. The Balaban J connectivity index is 1.59. The molecule has 2 aliphatic heterocycles. The van der Waals surface area contributed by atoms with Gasteiger partial charge in [-0.25, -0.2) is 0 Å². The molecule has 0 N–H and O–H groups in total. The van der Waals surface area contributed by atoms with Gasteiger partial charge >= 0.3 is 0 Å². The number of ketones is 1. The molecule has 0 aromatic heterocycles. The van der Waals surface area contributed by atoms with E-state index in [-0.39, 0.29) is 0 Å². The van der Waals surface area contributed by atoms with Crippen LogP contribution < -0.4 is 0 Å². The summed E-state index contributed by atoms with van der Waals surface area (Å²) < 4.78 is 0. The van der Waals surface area contributed by atoms with E-state index in [4.69, 9.17) is 0 Å². The van der Waals surface area contributed by atoms with Crippen molar-refractivity contribution in [2.24, 2.45) is 0 Å². The predicted molar refractivity (Wildman–Crippen MR) is 79.7 cm³/mol. The minimum absolute atomic E-state index is 0.333. The van der Waals surface area contributed by atoms with Crippen molar-refractivity contribution >= 4 is 17.5 Å². The van der Waals surface area contributed by atoms with E-state index in [2.05, 4.69) is 29.2 Å². The number of thioether (sulfide) groups is 1. The maximum absolute atomic E-state index is 11.3. The number of likely N-dealkylation sites (tertiary alicyclic amines) is 1. The van der Waals surface area contributed by atoms with Crippen molar-refractivity contribution in [2.45, 2.75) is 48.8 Å². The predicted octanol–water partition coefficient (Wildman–Crippen LogP) is 3.15. The van der Waals surface area contributed by atoms with Crippen LogP contribution in [0.3, 0.4) is 0 Å². The highest BCUT2D eigenvalue weighted by Gasteiger charge is 2.30. The summed E-state index contributed by atoms with van der Waals surface area (Å²) in [5.41, 5.74) is 1.50. The first-order valence-corrected chi connectivity index (χ1v) is 8.08. The topological polar surface area (TPSA) is 20.3 Å².